The number of carboxylic acids is 1. The van der Waals surface area contributed by atoms with Crippen molar-refractivity contribution in [3.63, 3.8) is 0 Å². The van der Waals surface area contributed by atoms with Gasteiger partial charge in [-0.05, 0) is 42.2 Å². The molecule has 35 heavy (non-hydrogen) atoms. The maximum atomic E-state index is 13.5. The molecule has 1 aliphatic heterocycles. The lowest BCUT2D eigenvalue weighted by atomic mass is 9.75. The number of hydrogen-bond donors (Lipinski definition) is 3. The number of nitrogens with one attached hydrogen (secondary N) is 1. The van der Waals surface area contributed by atoms with E-state index in [1.165, 1.54) is 0 Å². The average Bonchev–Trinajstić information content (AvgIpc) is 3.14. The summed E-state index contributed by atoms with van der Waals surface area (Å²) in [4.78, 5) is 15.6. The van der Waals surface area contributed by atoms with Gasteiger partial charge in [0.05, 0.1) is 5.54 Å². The van der Waals surface area contributed by atoms with Crippen LogP contribution in [0.5, 0.6) is 0 Å². The molecule has 0 saturated carbocycles. The second kappa shape index (κ2) is 8.36. The first-order valence-electron chi connectivity index (χ1n) is 11.3. The minimum Gasteiger partial charge on any atom is -0.479 e. The highest BCUT2D eigenvalue weighted by atomic mass is 16.4. The molecule has 1 unspecified atom stereocenters. The zero-order valence-corrected chi connectivity index (χ0v) is 19.2. The SMILES string of the molecule is CC12CC=C(C(=N)N=NN)C=C1c1ccccc1N2C(C(=O)O)(c1ccccc1)c1ccccc1. The van der Waals surface area contributed by atoms with Gasteiger partial charge in [-0.15, -0.1) is 5.11 Å². The zero-order valence-electron chi connectivity index (χ0n) is 19.2. The lowest BCUT2D eigenvalue weighted by Crippen LogP contribution is -2.61. The zero-order chi connectivity index (χ0) is 24.6. The summed E-state index contributed by atoms with van der Waals surface area (Å²) in [7, 11) is 0. The Morgan fingerprint density at radius 3 is 2.14 bits per heavy atom. The van der Waals surface area contributed by atoms with Gasteiger partial charge in [0.15, 0.2) is 11.4 Å². The molecule has 0 bridgehead atoms. The number of para-hydroxylation sites is 1. The third-order valence-corrected chi connectivity index (χ3v) is 6.99. The van der Waals surface area contributed by atoms with E-state index in [1.54, 1.807) is 0 Å². The summed E-state index contributed by atoms with van der Waals surface area (Å²) < 4.78 is 0. The lowest BCUT2D eigenvalue weighted by Gasteiger charge is -2.50. The summed E-state index contributed by atoms with van der Waals surface area (Å²) in [5.74, 6) is 4.18. The van der Waals surface area contributed by atoms with Gasteiger partial charge in [-0.2, -0.15) is 0 Å². The van der Waals surface area contributed by atoms with Crippen LogP contribution in [-0.4, -0.2) is 22.5 Å². The van der Waals surface area contributed by atoms with E-state index in [-0.39, 0.29) is 5.84 Å². The van der Waals surface area contributed by atoms with E-state index in [0.717, 1.165) is 16.8 Å². The highest BCUT2D eigenvalue weighted by Crippen LogP contribution is 2.57. The number of fused-ring (bicyclic) bond motifs is 3. The Labute approximate surface area is 203 Å². The molecule has 0 amide bonds. The van der Waals surface area contributed by atoms with Crippen molar-refractivity contribution in [3.8, 4) is 0 Å². The van der Waals surface area contributed by atoms with Crippen molar-refractivity contribution in [3.05, 3.63) is 119 Å². The third-order valence-electron chi connectivity index (χ3n) is 6.99. The van der Waals surface area contributed by atoms with Crippen LogP contribution in [0.15, 0.2) is 113 Å². The topological polar surface area (TPSA) is 115 Å². The second-order valence-corrected chi connectivity index (χ2v) is 8.86. The van der Waals surface area contributed by atoms with Crippen LogP contribution in [0.1, 0.15) is 30.0 Å². The molecule has 1 aliphatic carbocycles. The van der Waals surface area contributed by atoms with E-state index in [0.29, 0.717) is 23.1 Å². The van der Waals surface area contributed by atoms with Crippen LogP contribution in [0, 0.1) is 5.41 Å². The highest BCUT2D eigenvalue weighted by Gasteiger charge is 2.59. The molecular weight excluding hydrogens is 438 g/mol. The molecular formula is C28H25N5O2. The first kappa shape index (κ1) is 22.3. The predicted octanol–water partition coefficient (Wildman–Crippen LogP) is 5.31. The van der Waals surface area contributed by atoms with Gasteiger partial charge in [0, 0.05) is 16.8 Å². The molecule has 4 N–H and O–H groups in total. The van der Waals surface area contributed by atoms with Crippen LogP contribution >= 0.6 is 0 Å². The number of hydrogen-bond acceptors (Lipinski definition) is 4. The first-order chi connectivity index (χ1) is 16.9. The maximum Gasteiger partial charge on any atom is 0.339 e. The fourth-order valence-corrected chi connectivity index (χ4v) is 5.49. The first-order valence-corrected chi connectivity index (χ1v) is 11.3. The van der Waals surface area contributed by atoms with Gasteiger partial charge in [-0.1, -0.05) is 90.2 Å². The summed E-state index contributed by atoms with van der Waals surface area (Å²) >= 11 is 0. The molecule has 0 aromatic heterocycles. The number of nitrogens with zero attached hydrogens (tertiary/aromatic N) is 3. The molecule has 7 nitrogen and oxygen atoms in total. The minimum absolute atomic E-state index is 0.0337. The van der Waals surface area contributed by atoms with E-state index in [9.17, 15) is 9.90 Å². The van der Waals surface area contributed by atoms with Crippen LogP contribution < -0.4 is 10.7 Å². The van der Waals surface area contributed by atoms with Gasteiger partial charge < -0.3 is 15.8 Å². The van der Waals surface area contributed by atoms with Crippen LogP contribution in [-0.2, 0) is 10.3 Å². The van der Waals surface area contributed by atoms with E-state index in [2.05, 4.69) is 17.3 Å². The van der Waals surface area contributed by atoms with Crippen molar-refractivity contribution in [1.29, 1.82) is 5.41 Å². The van der Waals surface area contributed by atoms with Crippen molar-refractivity contribution >= 4 is 23.1 Å². The molecule has 5 rings (SSSR count). The van der Waals surface area contributed by atoms with Gasteiger partial charge in [0.2, 0.25) is 0 Å². The van der Waals surface area contributed by atoms with Crippen molar-refractivity contribution in [2.75, 3.05) is 4.90 Å². The summed E-state index contributed by atoms with van der Waals surface area (Å²) in [5.41, 5.74) is 2.39. The van der Waals surface area contributed by atoms with Crippen molar-refractivity contribution in [1.82, 2.24) is 0 Å². The summed E-state index contributed by atoms with van der Waals surface area (Å²) in [6.07, 6.45) is 4.28. The summed E-state index contributed by atoms with van der Waals surface area (Å²) in [6.45, 7) is 2.06. The molecule has 0 radical (unpaired) electrons. The van der Waals surface area contributed by atoms with Crippen LogP contribution in [0.3, 0.4) is 0 Å². The molecule has 1 heterocycles. The van der Waals surface area contributed by atoms with Crippen molar-refractivity contribution < 1.29 is 9.90 Å². The number of amidine groups is 1. The van der Waals surface area contributed by atoms with E-state index < -0.39 is 17.0 Å². The Kier molecular flexibility index (Phi) is 5.32. The number of carboxylic acid groups (broad SMARTS) is 1. The van der Waals surface area contributed by atoms with Gasteiger partial charge in [0.1, 0.15) is 0 Å². The molecule has 0 saturated heterocycles. The lowest BCUT2D eigenvalue weighted by molar-refractivity contribution is -0.142. The monoisotopic (exact) mass is 463 g/mol. The smallest absolute Gasteiger partial charge is 0.339 e. The quantitative estimate of drug-likeness (QED) is 0.156. The van der Waals surface area contributed by atoms with Crippen LogP contribution in [0.25, 0.3) is 5.57 Å². The highest BCUT2D eigenvalue weighted by molar-refractivity contribution is 6.06. The van der Waals surface area contributed by atoms with Gasteiger partial charge in [0.25, 0.3) is 0 Å². The number of carbonyl (C=O) groups is 1. The largest absolute Gasteiger partial charge is 0.479 e. The predicted molar refractivity (Wildman–Crippen MR) is 136 cm³/mol. The molecule has 2 aliphatic rings. The Morgan fingerprint density at radius 1 is 1.00 bits per heavy atom. The maximum absolute atomic E-state index is 13.5. The molecule has 7 heteroatoms. The van der Waals surface area contributed by atoms with E-state index in [1.807, 2.05) is 102 Å². The van der Waals surface area contributed by atoms with Crippen molar-refractivity contribution in [2.24, 2.45) is 16.2 Å². The fourth-order valence-electron chi connectivity index (χ4n) is 5.49. The Bertz CT molecular complexity index is 1360. The van der Waals surface area contributed by atoms with E-state index in [4.69, 9.17) is 11.3 Å². The van der Waals surface area contributed by atoms with Gasteiger partial charge in [-0.25, -0.2) is 4.79 Å². The van der Waals surface area contributed by atoms with Gasteiger partial charge in [-0.3, -0.25) is 5.41 Å². The number of anilines is 1. The molecule has 3 aromatic rings. The summed E-state index contributed by atoms with van der Waals surface area (Å²) in [6, 6.07) is 26.6. The Balaban J connectivity index is 1.83. The second-order valence-electron chi connectivity index (χ2n) is 8.86. The number of rotatable bonds is 5. The van der Waals surface area contributed by atoms with Crippen LogP contribution in [0.2, 0.25) is 0 Å². The molecule has 0 fully saturated rings. The van der Waals surface area contributed by atoms with E-state index >= 15 is 0 Å². The molecule has 174 valence electrons. The molecule has 0 spiro atoms. The molecule has 1 atom stereocenters. The Morgan fingerprint density at radius 2 is 1.57 bits per heavy atom. The summed E-state index contributed by atoms with van der Waals surface area (Å²) in [5, 5.41) is 26.3. The number of benzene rings is 3. The normalized spacial score (nSPS) is 19.1. The van der Waals surface area contributed by atoms with Crippen LogP contribution in [0.4, 0.5) is 5.69 Å². The number of nitrogens with two attached hydrogens (primary N) is 1. The minimum atomic E-state index is -1.50. The van der Waals surface area contributed by atoms with Gasteiger partial charge >= 0.3 is 5.97 Å². The third kappa shape index (κ3) is 3.19. The number of aliphatic carboxylic acids is 1. The average molecular weight is 464 g/mol. The molecule has 3 aromatic carbocycles. The standard InChI is InChI=1S/C28H25N5O2/c1-27-17-16-19(25(29)31-32-30)18-23(27)22-14-8-9-15-24(22)33(27)28(26(34)35,20-10-4-2-5-11-20)21-12-6-3-7-13-21/h2-16,18H,17H2,1H3,(H,34,35)(H3,29,30,31). The Hall–Kier alpha value is -4.52. The van der Waals surface area contributed by atoms with Crippen molar-refractivity contribution in [2.45, 2.75) is 24.4 Å². The fraction of sp³-hybridized carbons (Fsp3) is 0.143.